The smallest absolute Gasteiger partial charge is 0.226 e. The summed E-state index contributed by atoms with van der Waals surface area (Å²) in [5.41, 5.74) is 0. The van der Waals surface area contributed by atoms with Gasteiger partial charge in [0, 0.05) is 37.4 Å². The molecular weight excluding hydrogens is 274 g/mol. The second-order valence-corrected chi connectivity index (χ2v) is 5.27. The van der Waals surface area contributed by atoms with Gasteiger partial charge in [-0.15, -0.1) is 0 Å². The number of fused-ring (bicyclic) bond motifs is 2. The lowest BCUT2D eigenvalue weighted by molar-refractivity contribution is -0.313. The summed E-state index contributed by atoms with van der Waals surface area (Å²) in [4.78, 5) is 27.3. The van der Waals surface area contributed by atoms with E-state index in [1.54, 1.807) is 24.7 Å². The molecule has 0 radical (unpaired) electrons. The van der Waals surface area contributed by atoms with Crippen molar-refractivity contribution in [2.24, 2.45) is 11.8 Å². The molecule has 0 aliphatic carbocycles. The predicted molar refractivity (Wildman–Crippen MR) is 69.6 cm³/mol. The van der Waals surface area contributed by atoms with Crippen molar-refractivity contribution in [2.45, 2.75) is 25.2 Å². The summed E-state index contributed by atoms with van der Waals surface area (Å²) in [5, 5.41) is 14.0. The Morgan fingerprint density at radius 3 is 2.71 bits per heavy atom. The Bertz CT molecular complexity index is 555. The van der Waals surface area contributed by atoms with Gasteiger partial charge in [0.05, 0.1) is 24.5 Å². The van der Waals surface area contributed by atoms with Crippen LogP contribution in [-0.2, 0) is 20.9 Å². The van der Waals surface area contributed by atoms with E-state index in [-0.39, 0.29) is 5.91 Å². The third-order valence-corrected chi connectivity index (χ3v) is 3.93. The molecule has 4 atom stereocenters. The molecule has 0 saturated carbocycles. The first-order valence-corrected chi connectivity index (χ1v) is 6.95. The molecule has 1 saturated heterocycles. The molecule has 2 aliphatic heterocycles. The predicted octanol–water partition coefficient (Wildman–Crippen LogP) is -1.29. The molecule has 0 aromatic carbocycles. The van der Waals surface area contributed by atoms with Crippen LogP contribution in [-0.4, -0.2) is 40.2 Å². The lowest BCUT2D eigenvalue weighted by atomic mass is 9.82. The second-order valence-electron chi connectivity index (χ2n) is 5.27. The van der Waals surface area contributed by atoms with Crippen LogP contribution in [0, 0.1) is 11.8 Å². The lowest BCUT2D eigenvalue weighted by Gasteiger charge is -2.24. The largest absolute Gasteiger partial charge is 0.550 e. The molecule has 1 aromatic heterocycles. The minimum absolute atomic E-state index is 0.285. The van der Waals surface area contributed by atoms with Crippen molar-refractivity contribution >= 4 is 11.9 Å². The van der Waals surface area contributed by atoms with Crippen LogP contribution in [0.3, 0.4) is 0 Å². The van der Waals surface area contributed by atoms with Crippen molar-refractivity contribution < 1.29 is 19.4 Å². The molecular formula is C14H16N3O4-. The van der Waals surface area contributed by atoms with E-state index in [2.05, 4.69) is 10.3 Å². The monoisotopic (exact) mass is 290 g/mol. The maximum Gasteiger partial charge on any atom is 0.226 e. The number of amides is 1. The van der Waals surface area contributed by atoms with Crippen molar-refractivity contribution in [3.05, 3.63) is 30.9 Å². The number of hydrogen-bond donors (Lipinski definition) is 1. The van der Waals surface area contributed by atoms with Gasteiger partial charge in [0.2, 0.25) is 5.91 Å². The number of nitrogens with zero attached hydrogens (tertiary/aromatic N) is 2. The number of hydrogen-bond acceptors (Lipinski definition) is 5. The Kier molecular flexibility index (Phi) is 3.74. The van der Waals surface area contributed by atoms with Crippen LogP contribution in [0.5, 0.6) is 0 Å². The van der Waals surface area contributed by atoms with Gasteiger partial charge in [-0.1, -0.05) is 12.2 Å². The molecule has 2 aliphatic rings. The average molecular weight is 290 g/mol. The molecule has 1 fully saturated rings. The summed E-state index contributed by atoms with van der Waals surface area (Å²) < 4.78 is 7.36. The Hall–Kier alpha value is -2.15. The number of aliphatic carboxylic acids is 1. The number of aryl methyl sites for hydroxylation is 1. The SMILES string of the molecule is O=C([O-])[C@@H]1[C@H](C(=O)NCCCn2ccnc2)[C@@H]2C=C[C@H]1O2. The van der Waals surface area contributed by atoms with Gasteiger partial charge in [0.25, 0.3) is 0 Å². The summed E-state index contributed by atoms with van der Waals surface area (Å²) >= 11 is 0. The number of ether oxygens (including phenoxy) is 1. The third-order valence-electron chi connectivity index (χ3n) is 3.93. The van der Waals surface area contributed by atoms with Crippen LogP contribution in [0.15, 0.2) is 30.9 Å². The van der Waals surface area contributed by atoms with Gasteiger partial charge >= 0.3 is 0 Å². The normalized spacial score (nSPS) is 29.7. The number of nitrogens with one attached hydrogen (secondary N) is 1. The highest BCUT2D eigenvalue weighted by Gasteiger charge is 2.49. The number of carboxylic acid groups (broad SMARTS) is 1. The first kappa shape index (κ1) is 13.8. The maximum atomic E-state index is 12.2. The number of carboxylic acids is 1. The van der Waals surface area contributed by atoms with E-state index >= 15 is 0 Å². The van der Waals surface area contributed by atoms with Crippen molar-refractivity contribution in [3.63, 3.8) is 0 Å². The number of carbonyl (C=O) groups excluding carboxylic acids is 2. The Balaban J connectivity index is 1.51. The van der Waals surface area contributed by atoms with E-state index in [9.17, 15) is 14.7 Å². The van der Waals surface area contributed by atoms with Gasteiger partial charge in [-0.2, -0.15) is 0 Å². The van der Waals surface area contributed by atoms with Crippen molar-refractivity contribution in [1.29, 1.82) is 0 Å². The molecule has 3 rings (SSSR count). The van der Waals surface area contributed by atoms with Crippen molar-refractivity contribution in [3.8, 4) is 0 Å². The van der Waals surface area contributed by atoms with Crippen molar-refractivity contribution in [1.82, 2.24) is 14.9 Å². The van der Waals surface area contributed by atoms with Crippen LogP contribution in [0.4, 0.5) is 0 Å². The van der Waals surface area contributed by atoms with Gasteiger partial charge in [-0.25, -0.2) is 4.98 Å². The fourth-order valence-corrected chi connectivity index (χ4v) is 2.91. The van der Waals surface area contributed by atoms with E-state index in [0.717, 1.165) is 13.0 Å². The zero-order valence-corrected chi connectivity index (χ0v) is 11.3. The molecule has 112 valence electrons. The zero-order chi connectivity index (χ0) is 14.8. The summed E-state index contributed by atoms with van der Waals surface area (Å²) in [5.74, 6) is -3.11. The summed E-state index contributed by atoms with van der Waals surface area (Å²) in [7, 11) is 0. The fourth-order valence-electron chi connectivity index (χ4n) is 2.91. The quantitative estimate of drug-likeness (QED) is 0.519. The van der Waals surface area contributed by atoms with Gasteiger partial charge in [0.15, 0.2) is 0 Å². The zero-order valence-electron chi connectivity index (χ0n) is 11.3. The standard InChI is InChI=1S/C14H17N3O4/c18-13(16-4-1-6-17-7-5-15-8-17)11-9-2-3-10(21-9)12(11)14(19)20/h2-3,5,7-12H,1,4,6H2,(H,16,18)(H,19,20)/p-1/t9-,10+,11+,12-/m0/s1. The Morgan fingerprint density at radius 1 is 1.29 bits per heavy atom. The van der Waals surface area contributed by atoms with Crippen LogP contribution in [0.25, 0.3) is 0 Å². The fraction of sp³-hybridized carbons (Fsp3) is 0.500. The van der Waals surface area contributed by atoms with E-state index in [1.165, 1.54) is 0 Å². The number of aromatic nitrogens is 2. The van der Waals surface area contributed by atoms with E-state index in [4.69, 9.17) is 4.74 Å². The molecule has 21 heavy (non-hydrogen) atoms. The first-order valence-electron chi connectivity index (χ1n) is 6.95. The molecule has 7 nitrogen and oxygen atoms in total. The minimum Gasteiger partial charge on any atom is -0.550 e. The van der Waals surface area contributed by atoms with Gasteiger partial charge < -0.3 is 24.5 Å². The minimum atomic E-state index is -1.23. The molecule has 1 amide bonds. The summed E-state index contributed by atoms with van der Waals surface area (Å²) in [6.07, 6.45) is 8.45. The van der Waals surface area contributed by atoms with E-state index in [0.29, 0.717) is 6.54 Å². The van der Waals surface area contributed by atoms with Gasteiger partial charge in [-0.3, -0.25) is 4.79 Å². The molecule has 0 unspecified atom stereocenters. The number of carbonyl (C=O) groups is 2. The van der Waals surface area contributed by atoms with Crippen LogP contribution < -0.4 is 10.4 Å². The third kappa shape index (κ3) is 2.69. The Labute approximate surface area is 121 Å². The highest BCUT2D eigenvalue weighted by molar-refractivity contribution is 5.86. The van der Waals surface area contributed by atoms with Crippen LogP contribution in [0.2, 0.25) is 0 Å². The van der Waals surface area contributed by atoms with E-state index in [1.807, 2.05) is 10.8 Å². The molecule has 7 heteroatoms. The highest BCUT2D eigenvalue weighted by atomic mass is 16.5. The van der Waals surface area contributed by atoms with Gasteiger partial charge in [0.1, 0.15) is 0 Å². The van der Waals surface area contributed by atoms with E-state index < -0.39 is 30.0 Å². The molecule has 3 heterocycles. The average Bonchev–Trinajstić information content (AvgIpc) is 3.18. The molecule has 1 N–H and O–H groups in total. The highest BCUT2D eigenvalue weighted by Crippen LogP contribution is 2.38. The van der Waals surface area contributed by atoms with Crippen LogP contribution in [0.1, 0.15) is 6.42 Å². The summed E-state index contributed by atoms with van der Waals surface area (Å²) in [6.45, 7) is 1.23. The number of imidazole rings is 1. The maximum absolute atomic E-state index is 12.2. The topological polar surface area (TPSA) is 96.3 Å². The van der Waals surface area contributed by atoms with Crippen molar-refractivity contribution in [2.75, 3.05) is 6.54 Å². The lowest BCUT2D eigenvalue weighted by Crippen LogP contribution is -2.47. The molecule has 0 spiro atoms. The molecule has 2 bridgehead atoms. The first-order chi connectivity index (χ1) is 10.2. The molecule has 1 aromatic rings. The number of rotatable bonds is 6. The van der Waals surface area contributed by atoms with Crippen LogP contribution >= 0.6 is 0 Å². The Morgan fingerprint density at radius 2 is 2.05 bits per heavy atom. The second kappa shape index (κ2) is 5.69. The summed E-state index contributed by atoms with van der Waals surface area (Å²) in [6, 6.07) is 0. The van der Waals surface area contributed by atoms with Gasteiger partial charge in [-0.05, 0) is 6.42 Å².